The third-order valence-corrected chi connectivity index (χ3v) is 12.2. The van der Waals surface area contributed by atoms with E-state index in [9.17, 15) is 0 Å². The maximum absolute atomic E-state index is 6.59. The van der Waals surface area contributed by atoms with Crippen LogP contribution < -0.4 is 35.1 Å². The highest BCUT2D eigenvalue weighted by Gasteiger charge is 2.24. The Balaban J connectivity index is 0.00000102. The molecule has 0 spiro atoms. The standard InChI is InChI=1S/C29H44O2.C15H24O.C15H22O.CH5N.CH3N/c1-18(2)28(19(3)4)30-26-15-12-14-24(23(26)10)17-25-22(9)13-11-16-27(25)31-29(20(5)6)21(7)8;2*1-10(2)15(11(3)4)16-14-9-7-8-12(5)13(14)6;2*1-2/h11-16,18-21,28-29H,17H2,1-10H3;7-11,15H,1-6H3;7-11,15H,5-6H2,1-4H3;2H2,1H3;2H,1H2. The lowest BCUT2D eigenvalue weighted by Crippen LogP contribution is -2.33. The van der Waals surface area contributed by atoms with Gasteiger partial charge in [-0.3, -0.25) is 0 Å². The van der Waals surface area contributed by atoms with E-state index in [0.29, 0.717) is 53.4 Å². The molecule has 4 aromatic rings. The van der Waals surface area contributed by atoms with E-state index in [4.69, 9.17) is 24.4 Å². The van der Waals surface area contributed by atoms with Crippen LogP contribution in [0.3, 0.4) is 0 Å². The van der Waals surface area contributed by atoms with Gasteiger partial charge in [-0.05, 0) is 146 Å². The van der Waals surface area contributed by atoms with E-state index in [0.717, 1.165) is 39.9 Å². The topological polar surface area (TPSA) is 86.8 Å². The van der Waals surface area contributed by atoms with Gasteiger partial charge >= 0.3 is 0 Å². The van der Waals surface area contributed by atoms with Crippen LogP contribution in [0.15, 0.2) is 72.8 Å². The predicted octanol–water partition coefficient (Wildman–Crippen LogP) is 14.8. The van der Waals surface area contributed by atoms with Crippen molar-refractivity contribution in [2.24, 2.45) is 53.1 Å². The molecule has 0 saturated heterocycles. The molecule has 0 aliphatic carbocycles. The first-order valence-corrected chi connectivity index (χ1v) is 25.0. The van der Waals surface area contributed by atoms with E-state index in [-0.39, 0.29) is 18.3 Å². The minimum absolute atomic E-state index is 0.203. The zero-order valence-corrected chi connectivity index (χ0v) is 46.4. The summed E-state index contributed by atoms with van der Waals surface area (Å²) < 4.78 is 25.3. The molecule has 0 fully saturated rings. The molecule has 0 aliphatic rings. The fourth-order valence-corrected chi connectivity index (χ4v) is 8.51. The highest BCUT2D eigenvalue weighted by atomic mass is 16.5. The van der Waals surface area contributed by atoms with E-state index in [2.05, 4.69) is 219 Å². The predicted molar refractivity (Wildman–Crippen MR) is 294 cm³/mol. The minimum Gasteiger partial charge on any atom is -0.490 e. The Kier molecular flexibility index (Phi) is 29.3. The summed E-state index contributed by atoms with van der Waals surface area (Å²) in [5.41, 5.74) is 12.1. The van der Waals surface area contributed by atoms with Gasteiger partial charge in [-0.25, -0.2) is 0 Å². The van der Waals surface area contributed by atoms with Gasteiger partial charge in [0.15, 0.2) is 0 Å². The van der Waals surface area contributed by atoms with Gasteiger partial charge in [0, 0.05) is 17.2 Å². The van der Waals surface area contributed by atoms with E-state index in [1.165, 1.54) is 40.4 Å². The number of hydrogen-bond acceptors (Lipinski definition) is 6. The van der Waals surface area contributed by atoms with Gasteiger partial charge in [0.2, 0.25) is 0 Å². The summed E-state index contributed by atoms with van der Waals surface area (Å²) in [7, 11) is 1.50. The number of nitrogens with one attached hydrogen (secondary N) is 1. The van der Waals surface area contributed by atoms with Crippen LogP contribution in [0.1, 0.15) is 144 Å². The van der Waals surface area contributed by atoms with Gasteiger partial charge in [0.1, 0.15) is 47.4 Å². The van der Waals surface area contributed by atoms with Gasteiger partial charge in [0.25, 0.3) is 0 Å². The first-order chi connectivity index (χ1) is 31.4. The molecule has 0 radical (unpaired) electrons. The average molecular weight is 923 g/mol. The molecule has 4 aromatic carbocycles. The Morgan fingerprint density at radius 2 is 0.701 bits per heavy atom. The van der Waals surface area contributed by atoms with Crippen LogP contribution in [0, 0.1) is 80.4 Å². The van der Waals surface area contributed by atoms with Crippen LogP contribution in [0.5, 0.6) is 23.0 Å². The molecular weight excluding hydrogens is 825 g/mol. The van der Waals surface area contributed by atoms with Gasteiger partial charge < -0.3 is 30.1 Å². The van der Waals surface area contributed by atoms with E-state index in [1.807, 2.05) is 18.2 Å². The molecule has 3 N–H and O–H groups in total. The minimum atomic E-state index is 0.203. The van der Waals surface area contributed by atoms with Crippen molar-refractivity contribution in [3.05, 3.63) is 117 Å². The molecular formula is C61H98N2O4. The van der Waals surface area contributed by atoms with Crippen molar-refractivity contribution in [1.29, 1.82) is 5.41 Å². The monoisotopic (exact) mass is 923 g/mol. The second kappa shape index (κ2) is 31.5. The highest BCUT2D eigenvalue weighted by molar-refractivity contribution is 5.47. The van der Waals surface area contributed by atoms with Crippen LogP contribution in [-0.4, -0.2) is 38.2 Å². The van der Waals surface area contributed by atoms with Crippen LogP contribution >= 0.6 is 0 Å². The third kappa shape index (κ3) is 20.3. The molecule has 0 bridgehead atoms. The molecule has 376 valence electrons. The van der Waals surface area contributed by atoms with Gasteiger partial charge in [0.05, 0.1) is 0 Å². The molecule has 0 aromatic heterocycles. The smallest absolute Gasteiger partial charge is 0.126 e. The van der Waals surface area contributed by atoms with Crippen molar-refractivity contribution in [3.63, 3.8) is 0 Å². The van der Waals surface area contributed by atoms with Crippen molar-refractivity contribution in [2.75, 3.05) is 7.05 Å². The van der Waals surface area contributed by atoms with Crippen molar-refractivity contribution in [3.8, 4) is 23.0 Å². The second-order valence-electron chi connectivity index (χ2n) is 20.6. The first-order valence-electron chi connectivity index (χ1n) is 25.0. The molecule has 4 rings (SSSR count). The molecule has 0 amide bonds. The Morgan fingerprint density at radius 3 is 1.10 bits per heavy atom. The summed E-state index contributed by atoms with van der Waals surface area (Å²) in [6.45, 7) is 54.6. The third-order valence-electron chi connectivity index (χ3n) is 12.2. The number of rotatable bonds is 18. The van der Waals surface area contributed by atoms with E-state index < -0.39 is 0 Å². The second-order valence-corrected chi connectivity index (χ2v) is 20.6. The number of nitrogens with two attached hydrogens (primary N) is 1. The normalized spacial score (nSPS) is 11.3. The van der Waals surface area contributed by atoms with Crippen LogP contribution in [0.4, 0.5) is 0 Å². The lowest BCUT2D eigenvalue weighted by Gasteiger charge is -2.28. The largest absolute Gasteiger partial charge is 0.490 e. The number of benzene rings is 4. The quantitative estimate of drug-likeness (QED) is 0.0971. The molecule has 67 heavy (non-hydrogen) atoms. The Morgan fingerprint density at radius 1 is 0.403 bits per heavy atom. The van der Waals surface area contributed by atoms with Crippen LogP contribution in [0.2, 0.25) is 0 Å². The van der Waals surface area contributed by atoms with Crippen LogP contribution in [0.25, 0.3) is 13.2 Å². The van der Waals surface area contributed by atoms with Gasteiger partial charge in [-0.15, -0.1) is 0 Å². The van der Waals surface area contributed by atoms with Crippen molar-refractivity contribution in [1.82, 2.24) is 0 Å². The van der Waals surface area contributed by atoms with Crippen molar-refractivity contribution < 1.29 is 18.9 Å². The summed E-state index contributed by atoms with van der Waals surface area (Å²) in [5.74, 6) is 7.87. The number of ether oxygens (including phenoxy) is 4. The highest BCUT2D eigenvalue weighted by Crippen LogP contribution is 2.33. The molecule has 0 aliphatic heterocycles. The molecule has 0 atom stereocenters. The van der Waals surface area contributed by atoms with Crippen molar-refractivity contribution in [2.45, 2.75) is 169 Å². The van der Waals surface area contributed by atoms with E-state index >= 15 is 0 Å². The van der Waals surface area contributed by atoms with E-state index in [1.54, 1.807) is 0 Å². The maximum Gasteiger partial charge on any atom is 0.126 e. The SMILES string of the molecule is C=N.C=c1cccc(OC(C(C)C)C(C)C)c1=C.CN.Cc1cccc(OC(C(C)C)C(C)C)c1C.Cc1cccc(OC(C(C)C)C(C)C)c1Cc1cccc(OC(C(C)C)C(C)C)c1C. The number of hydrogen-bond donors (Lipinski definition) is 2. The fourth-order valence-electron chi connectivity index (χ4n) is 8.51. The molecule has 6 heteroatoms. The molecule has 0 heterocycles. The molecule has 0 unspecified atom stereocenters. The molecule has 0 saturated carbocycles. The summed E-state index contributed by atoms with van der Waals surface area (Å²) >= 11 is 0. The number of aryl methyl sites for hydroxylation is 2. The average Bonchev–Trinajstić information content (AvgIpc) is 3.25. The van der Waals surface area contributed by atoms with Crippen molar-refractivity contribution >= 4 is 19.9 Å². The first kappa shape index (κ1) is 62.4. The lowest BCUT2D eigenvalue weighted by atomic mass is 9.94. The maximum atomic E-state index is 6.59. The van der Waals surface area contributed by atoms with Gasteiger partial charge in [-0.1, -0.05) is 172 Å². The Bertz CT molecular complexity index is 2050. The van der Waals surface area contributed by atoms with Gasteiger partial charge in [-0.2, -0.15) is 0 Å². The Labute approximate surface area is 411 Å². The summed E-state index contributed by atoms with van der Waals surface area (Å²) in [4.78, 5) is 0. The summed E-state index contributed by atoms with van der Waals surface area (Å²) in [6.07, 6.45) is 1.78. The van der Waals surface area contributed by atoms with Crippen LogP contribution in [-0.2, 0) is 6.42 Å². The molecule has 6 nitrogen and oxygen atoms in total. The summed E-state index contributed by atoms with van der Waals surface area (Å²) in [5, 5.41) is 7.33. The zero-order valence-electron chi connectivity index (χ0n) is 46.4. The lowest BCUT2D eigenvalue weighted by molar-refractivity contribution is 0.103. The summed E-state index contributed by atoms with van der Waals surface area (Å²) in [6, 6.07) is 25.0. The Hall–Kier alpha value is -4.55. The fraction of sp³-hybridized carbons (Fsp3) is 0.557. The zero-order chi connectivity index (χ0) is 51.9.